The zero-order valence-electron chi connectivity index (χ0n) is 17.0. The summed E-state index contributed by atoms with van der Waals surface area (Å²) in [5.74, 6) is 2.10. The molecule has 2 aromatic carbocycles. The van der Waals surface area contributed by atoms with Gasteiger partial charge >= 0.3 is 0 Å². The molecule has 9 heteroatoms. The predicted molar refractivity (Wildman–Crippen MR) is 120 cm³/mol. The molecule has 30 heavy (non-hydrogen) atoms. The van der Waals surface area contributed by atoms with Gasteiger partial charge in [-0.3, -0.25) is 4.79 Å². The Labute approximate surface area is 184 Å². The summed E-state index contributed by atoms with van der Waals surface area (Å²) in [5.41, 5.74) is 1.47. The molecule has 0 fully saturated rings. The van der Waals surface area contributed by atoms with Gasteiger partial charge in [0, 0.05) is 17.1 Å². The molecule has 0 unspecified atom stereocenters. The number of thioether (sulfide) groups is 1. The van der Waals surface area contributed by atoms with Gasteiger partial charge in [0.2, 0.25) is 5.91 Å². The summed E-state index contributed by atoms with van der Waals surface area (Å²) in [5, 5.41) is 12.6. The Bertz CT molecular complexity index is 1010. The van der Waals surface area contributed by atoms with Crippen LogP contribution in [0.5, 0.6) is 11.5 Å². The predicted octanol–water partition coefficient (Wildman–Crippen LogP) is 4.76. The van der Waals surface area contributed by atoms with Gasteiger partial charge in [-0.2, -0.15) is 0 Å². The molecule has 0 aliphatic rings. The van der Waals surface area contributed by atoms with E-state index in [0.29, 0.717) is 34.8 Å². The summed E-state index contributed by atoms with van der Waals surface area (Å²) in [6.45, 7) is 5.27. The molecule has 0 saturated heterocycles. The number of carbonyl (C=O) groups excluding carboxylic acids is 1. The molecule has 0 bridgehead atoms. The van der Waals surface area contributed by atoms with Crippen LogP contribution in [-0.2, 0) is 11.3 Å². The summed E-state index contributed by atoms with van der Waals surface area (Å²) >= 11 is 7.34. The minimum Gasteiger partial charge on any atom is -0.495 e. The number of carbonyl (C=O) groups is 1. The Hall–Kier alpha value is -2.71. The summed E-state index contributed by atoms with van der Waals surface area (Å²) in [4.78, 5) is 12.4. The second kappa shape index (κ2) is 10.4. The summed E-state index contributed by atoms with van der Waals surface area (Å²) < 4.78 is 12.7. The number of hydrogen-bond donors (Lipinski definition) is 1. The molecular formula is C21H23ClN4O3S. The molecule has 0 aliphatic heterocycles. The molecule has 1 heterocycles. The number of rotatable bonds is 9. The zero-order chi connectivity index (χ0) is 21.5. The lowest BCUT2D eigenvalue weighted by Gasteiger charge is -2.11. The third-order valence-electron chi connectivity index (χ3n) is 4.22. The van der Waals surface area contributed by atoms with Crippen LogP contribution >= 0.6 is 23.4 Å². The highest BCUT2D eigenvalue weighted by Gasteiger charge is 2.15. The Balaban J connectivity index is 1.69. The number of anilines is 1. The molecule has 3 aromatic rings. The van der Waals surface area contributed by atoms with E-state index in [2.05, 4.69) is 15.5 Å². The van der Waals surface area contributed by atoms with Crippen LogP contribution in [0.25, 0.3) is 11.4 Å². The van der Waals surface area contributed by atoms with Crippen molar-refractivity contribution in [2.24, 2.45) is 0 Å². The largest absolute Gasteiger partial charge is 0.495 e. The van der Waals surface area contributed by atoms with Gasteiger partial charge in [-0.15, -0.1) is 10.2 Å². The van der Waals surface area contributed by atoms with Crippen molar-refractivity contribution in [2.75, 3.05) is 24.8 Å². The van der Waals surface area contributed by atoms with Gasteiger partial charge in [0.1, 0.15) is 11.5 Å². The summed E-state index contributed by atoms with van der Waals surface area (Å²) in [6, 6.07) is 12.8. The quantitative estimate of drug-likeness (QED) is 0.477. The Kier molecular flexibility index (Phi) is 7.59. The van der Waals surface area contributed by atoms with Crippen molar-refractivity contribution in [3.8, 4) is 22.9 Å². The molecular weight excluding hydrogens is 424 g/mol. The lowest BCUT2D eigenvalue weighted by Crippen LogP contribution is -2.15. The van der Waals surface area contributed by atoms with E-state index in [4.69, 9.17) is 21.1 Å². The molecule has 1 aromatic heterocycles. The molecule has 0 saturated carbocycles. The number of methoxy groups -OCH3 is 1. The van der Waals surface area contributed by atoms with Gasteiger partial charge in [0.05, 0.1) is 25.2 Å². The maximum Gasteiger partial charge on any atom is 0.234 e. The number of halogens is 1. The van der Waals surface area contributed by atoms with Gasteiger partial charge in [0.25, 0.3) is 0 Å². The third-order valence-corrected chi connectivity index (χ3v) is 5.43. The first-order valence-electron chi connectivity index (χ1n) is 9.48. The fourth-order valence-electron chi connectivity index (χ4n) is 2.86. The number of aromatic nitrogens is 3. The molecule has 0 atom stereocenters. The first kappa shape index (κ1) is 22.0. The monoisotopic (exact) mass is 446 g/mol. The standard InChI is InChI=1S/C21H23ClN4O3S/c1-4-26-20(14-6-9-16(10-7-14)29-5-2)24-25-21(26)30-13-19(27)23-17-12-15(22)8-11-18(17)28-3/h6-12H,4-5,13H2,1-3H3,(H,23,27). The number of amides is 1. The second-order valence-electron chi connectivity index (χ2n) is 6.19. The van der Waals surface area contributed by atoms with Crippen LogP contribution in [0.3, 0.4) is 0 Å². The number of nitrogens with one attached hydrogen (secondary N) is 1. The number of benzene rings is 2. The van der Waals surface area contributed by atoms with E-state index >= 15 is 0 Å². The molecule has 3 rings (SSSR count). The van der Waals surface area contributed by atoms with E-state index in [0.717, 1.165) is 17.1 Å². The summed E-state index contributed by atoms with van der Waals surface area (Å²) in [6.07, 6.45) is 0. The van der Waals surface area contributed by atoms with Gasteiger partial charge in [-0.25, -0.2) is 0 Å². The van der Waals surface area contributed by atoms with E-state index in [-0.39, 0.29) is 11.7 Å². The fourth-order valence-corrected chi connectivity index (χ4v) is 3.83. The Morgan fingerprint density at radius 3 is 2.60 bits per heavy atom. The summed E-state index contributed by atoms with van der Waals surface area (Å²) in [7, 11) is 1.54. The van der Waals surface area contributed by atoms with Gasteiger partial charge < -0.3 is 19.4 Å². The zero-order valence-corrected chi connectivity index (χ0v) is 18.6. The highest BCUT2D eigenvalue weighted by molar-refractivity contribution is 7.99. The van der Waals surface area contributed by atoms with Crippen molar-refractivity contribution in [1.29, 1.82) is 0 Å². The molecule has 7 nitrogen and oxygen atoms in total. The van der Waals surface area contributed by atoms with Crippen molar-refractivity contribution >= 4 is 35.0 Å². The maximum atomic E-state index is 12.4. The van der Waals surface area contributed by atoms with E-state index in [1.54, 1.807) is 25.3 Å². The number of ether oxygens (including phenoxy) is 2. The van der Waals surface area contributed by atoms with Crippen LogP contribution < -0.4 is 14.8 Å². The minimum atomic E-state index is -0.186. The highest BCUT2D eigenvalue weighted by Crippen LogP contribution is 2.29. The Morgan fingerprint density at radius 1 is 1.17 bits per heavy atom. The van der Waals surface area contributed by atoms with E-state index in [1.807, 2.05) is 42.7 Å². The molecule has 0 aliphatic carbocycles. The SMILES string of the molecule is CCOc1ccc(-c2nnc(SCC(=O)Nc3cc(Cl)ccc3OC)n2CC)cc1. The van der Waals surface area contributed by atoms with Crippen molar-refractivity contribution in [1.82, 2.24) is 14.8 Å². The van der Waals surface area contributed by atoms with Crippen LogP contribution in [0.1, 0.15) is 13.8 Å². The van der Waals surface area contributed by atoms with Crippen LogP contribution in [0.15, 0.2) is 47.6 Å². The first-order chi connectivity index (χ1) is 14.5. The lowest BCUT2D eigenvalue weighted by atomic mass is 10.2. The first-order valence-corrected chi connectivity index (χ1v) is 10.8. The smallest absolute Gasteiger partial charge is 0.234 e. The molecule has 1 amide bonds. The Morgan fingerprint density at radius 2 is 1.93 bits per heavy atom. The van der Waals surface area contributed by atoms with Crippen LogP contribution in [0, 0.1) is 0 Å². The van der Waals surface area contributed by atoms with E-state index in [1.165, 1.54) is 11.8 Å². The second-order valence-corrected chi connectivity index (χ2v) is 7.57. The molecule has 158 valence electrons. The van der Waals surface area contributed by atoms with Crippen LogP contribution in [-0.4, -0.2) is 40.1 Å². The normalized spacial score (nSPS) is 10.7. The number of nitrogens with zero attached hydrogens (tertiary/aromatic N) is 3. The van der Waals surface area contributed by atoms with Crippen molar-refractivity contribution < 1.29 is 14.3 Å². The average molecular weight is 447 g/mol. The third kappa shape index (κ3) is 5.25. The molecule has 1 N–H and O–H groups in total. The van der Waals surface area contributed by atoms with Gasteiger partial charge in [0.15, 0.2) is 11.0 Å². The van der Waals surface area contributed by atoms with Crippen molar-refractivity contribution in [3.63, 3.8) is 0 Å². The van der Waals surface area contributed by atoms with E-state index in [9.17, 15) is 4.79 Å². The highest BCUT2D eigenvalue weighted by atomic mass is 35.5. The van der Waals surface area contributed by atoms with Crippen molar-refractivity contribution in [3.05, 3.63) is 47.5 Å². The minimum absolute atomic E-state index is 0.178. The van der Waals surface area contributed by atoms with Gasteiger partial charge in [-0.1, -0.05) is 23.4 Å². The van der Waals surface area contributed by atoms with E-state index < -0.39 is 0 Å². The van der Waals surface area contributed by atoms with Gasteiger partial charge in [-0.05, 0) is 56.3 Å². The maximum absolute atomic E-state index is 12.4. The number of hydrogen-bond acceptors (Lipinski definition) is 6. The lowest BCUT2D eigenvalue weighted by molar-refractivity contribution is -0.113. The fraction of sp³-hybridized carbons (Fsp3) is 0.286. The van der Waals surface area contributed by atoms with Crippen LogP contribution in [0.2, 0.25) is 5.02 Å². The average Bonchev–Trinajstić information content (AvgIpc) is 3.16. The van der Waals surface area contributed by atoms with Crippen LogP contribution in [0.4, 0.5) is 5.69 Å². The van der Waals surface area contributed by atoms with Crippen molar-refractivity contribution in [2.45, 2.75) is 25.5 Å². The topological polar surface area (TPSA) is 78.3 Å². The molecule has 0 radical (unpaired) electrons. The molecule has 0 spiro atoms.